The second kappa shape index (κ2) is 5.84. The van der Waals surface area contributed by atoms with Crippen molar-refractivity contribution in [1.82, 2.24) is 5.32 Å². The van der Waals surface area contributed by atoms with Gasteiger partial charge in [0.2, 0.25) is 0 Å². The standard InChI is InChI=1S/C13H19NO4/c1-13(2,11(14-3)12(15)16)8-9-4-6-10(18-17)7-5-9/h4-7,11,14,17H,8H2,1-3H3,(H,15,16)/t11-/m0/s1. The molecule has 0 saturated heterocycles. The van der Waals surface area contributed by atoms with Crippen LogP contribution in [-0.4, -0.2) is 29.4 Å². The molecule has 100 valence electrons. The first kappa shape index (κ1) is 14.5. The molecule has 0 aliphatic heterocycles. The molecular weight excluding hydrogens is 234 g/mol. The monoisotopic (exact) mass is 253 g/mol. The van der Waals surface area contributed by atoms with Crippen molar-refractivity contribution in [2.45, 2.75) is 26.3 Å². The summed E-state index contributed by atoms with van der Waals surface area (Å²) < 4.78 is 0. The van der Waals surface area contributed by atoms with Crippen molar-refractivity contribution >= 4 is 5.97 Å². The zero-order valence-electron chi connectivity index (χ0n) is 10.8. The van der Waals surface area contributed by atoms with Gasteiger partial charge in [0.05, 0.1) is 0 Å². The van der Waals surface area contributed by atoms with Gasteiger partial charge in [0.1, 0.15) is 6.04 Å². The van der Waals surface area contributed by atoms with E-state index in [2.05, 4.69) is 10.2 Å². The van der Waals surface area contributed by atoms with E-state index in [4.69, 9.17) is 10.4 Å². The normalized spacial score (nSPS) is 13.1. The Morgan fingerprint density at radius 1 is 1.39 bits per heavy atom. The highest BCUT2D eigenvalue weighted by atomic mass is 17.1. The summed E-state index contributed by atoms with van der Waals surface area (Å²) in [6.07, 6.45) is 0.608. The predicted molar refractivity (Wildman–Crippen MR) is 67.7 cm³/mol. The Kier molecular flexibility index (Phi) is 4.69. The van der Waals surface area contributed by atoms with E-state index < -0.39 is 17.4 Å². The summed E-state index contributed by atoms with van der Waals surface area (Å²) in [4.78, 5) is 15.3. The number of aliphatic carboxylic acids is 1. The molecule has 1 aromatic rings. The van der Waals surface area contributed by atoms with Gasteiger partial charge in [-0.3, -0.25) is 4.79 Å². The van der Waals surface area contributed by atoms with Gasteiger partial charge in [0.15, 0.2) is 5.75 Å². The van der Waals surface area contributed by atoms with Gasteiger partial charge in [-0.15, -0.1) is 0 Å². The number of carboxylic acid groups (broad SMARTS) is 1. The topological polar surface area (TPSA) is 78.8 Å². The van der Waals surface area contributed by atoms with Crippen molar-refractivity contribution in [2.24, 2.45) is 5.41 Å². The number of rotatable bonds is 6. The van der Waals surface area contributed by atoms with Crippen molar-refractivity contribution in [2.75, 3.05) is 7.05 Å². The predicted octanol–water partition coefficient (Wildman–Crippen LogP) is 1.78. The average molecular weight is 253 g/mol. The fourth-order valence-corrected chi connectivity index (χ4v) is 2.14. The highest BCUT2D eigenvalue weighted by molar-refractivity contribution is 5.74. The molecule has 5 nitrogen and oxygen atoms in total. The molecule has 5 heteroatoms. The van der Waals surface area contributed by atoms with Gasteiger partial charge in [-0.05, 0) is 36.6 Å². The van der Waals surface area contributed by atoms with E-state index in [9.17, 15) is 4.79 Å². The Morgan fingerprint density at radius 2 is 1.94 bits per heavy atom. The van der Waals surface area contributed by atoms with E-state index in [1.54, 1.807) is 19.2 Å². The Labute approximate surface area is 106 Å². The smallest absolute Gasteiger partial charge is 0.321 e. The number of carboxylic acids is 1. The van der Waals surface area contributed by atoms with Crippen LogP contribution in [0.4, 0.5) is 0 Å². The van der Waals surface area contributed by atoms with Crippen LogP contribution in [0.25, 0.3) is 0 Å². The molecule has 0 fully saturated rings. The van der Waals surface area contributed by atoms with Crippen molar-refractivity contribution in [3.8, 4) is 5.75 Å². The fraction of sp³-hybridized carbons (Fsp3) is 0.462. The number of hydrogen-bond acceptors (Lipinski definition) is 4. The summed E-state index contributed by atoms with van der Waals surface area (Å²) >= 11 is 0. The lowest BCUT2D eigenvalue weighted by atomic mass is 9.79. The molecule has 0 spiro atoms. The molecular formula is C13H19NO4. The zero-order valence-corrected chi connectivity index (χ0v) is 10.8. The van der Waals surface area contributed by atoms with Gasteiger partial charge in [-0.2, -0.15) is 0 Å². The lowest BCUT2D eigenvalue weighted by molar-refractivity contribution is -0.142. The van der Waals surface area contributed by atoms with E-state index in [1.807, 2.05) is 26.0 Å². The van der Waals surface area contributed by atoms with Gasteiger partial charge in [-0.25, -0.2) is 5.26 Å². The van der Waals surface area contributed by atoms with Crippen molar-refractivity contribution in [3.63, 3.8) is 0 Å². The fourth-order valence-electron chi connectivity index (χ4n) is 2.14. The third-order valence-electron chi connectivity index (χ3n) is 3.01. The van der Waals surface area contributed by atoms with E-state index >= 15 is 0 Å². The highest BCUT2D eigenvalue weighted by Crippen LogP contribution is 2.27. The van der Waals surface area contributed by atoms with Gasteiger partial charge in [-0.1, -0.05) is 26.0 Å². The summed E-state index contributed by atoms with van der Waals surface area (Å²) in [6, 6.07) is 6.27. The van der Waals surface area contributed by atoms with E-state index in [1.165, 1.54) is 0 Å². The average Bonchev–Trinajstić information content (AvgIpc) is 2.29. The van der Waals surface area contributed by atoms with E-state index in [0.29, 0.717) is 12.2 Å². The molecule has 0 amide bonds. The summed E-state index contributed by atoms with van der Waals surface area (Å²) in [5, 5.41) is 20.4. The minimum atomic E-state index is -0.863. The Hall–Kier alpha value is -1.59. The number of hydrogen-bond donors (Lipinski definition) is 3. The molecule has 0 aliphatic carbocycles. The van der Waals surface area contributed by atoms with Crippen molar-refractivity contribution in [3.05, 3.63) is 29.8 Å². The first-order chi connectivity index (χ1) is 8.40. The van der Waals surface area contributed by atoms with Crippen LogP contribution in [0.3, 0.4) is 0 Å². The van der Waals surface area contributed by atoms with Gasteiger partial charge < -0.3 is 15.3 Å². The van der Waals surface area contributed by atoms with E-state index in [-0.39, 0.29) is 0 Å². The lowest BCUT2D eigenvalue weighted by Gasteiger charge is -2.31. The number of benzene rings is 1. The SMILES string of the molecule is CN[C@@H](C(=O)O)C(C)(C)Cc1ccc(OO)cc1. The second-order valence-electron chi connectivity index (χ2n) is 4.96. The van der Waals surface area contributed by atoms with Crippen LogP contribution < -0.4 is 10.2 Å². The summed E-state index contributed by atoms with van der Waals surface area (Å²) in [5.41, 5.74) is 0.560. The van der Waals surface area contributed by atoms with Crippen molar-refractivity contribution in [1.29, 1.82) is 0 Å². The molecule has 1 atom stereocenters. The molecule has 0 heterocycles. The van der Waals surface area contributed by atoms with Gasteiger partial charge >= 0.3 is 5.97 Å². The molecule has 1 rings (SSSR count). The third kappa shape index (κ3) is 3.45. The van der Waals surface area contributed by atoms with Crippen LogP contribution in [0.1, 0.15) is 19.4 Å². The summed E-state index contributed by atoms with van der Waals surface area (Å²) in [5.74, 6) is -0.502. The van der Waals surface area contributed by atoms with Crippen molar-refractivity contribution < 1.29 is 20.0 Å². The van der Waals surface area contributed by atoms with Crippen LogP contribution in [0.2, 0.25) is 0 Å². The second-order valence-corrected chi connectivity index (χ2v) is 4.96. The molecule has 0 radical (unpaired) electrons. The maximum atomic E-state index is 11.2. The number of carbonyl (C=O) groups is 1. The maximum Gasteiger partial charge on any atom is 0.321 e. The lowest BCUT2D eigenvalue weighted by Crippen LogP contribution is -2.47. The number of likely N-dealkylation sites (N-methyl/N-ethyl adjacent to an activating group) is 1. The van der Waals surface area contributed by atoms with Crippen LogP contribution in [0, 0.1) is 5.41 Å². The molecule has 0 saturated carbocycles. The maximum absolute atomic E-state index is 11.2. The zero-order chi connectivity index (χ0) is 13.8. The van der Waals surface area contributed by atoms with Crippen LogP contribution in [0.5, 0.6) is 5.75 Å². The number of nitrogens with one attached hydrogen (secondary N) is 1. The first-order valence-corrected chi connectivity index (χ1v) is 5.71. The van der Waals surface area contributed by atoms with Crippen LogP contribution >= 0.6 is 0 Å². The Morgan fingerprint density at radius 3 is 2.33 bits per heavy atom. The Bertz CT molecular complexity index is 400. The Balaban J connectivity index is 2.83. The van der Waals surface area contributed by atoms with E-state index in [0.717, 1.165) is 5.56 Å². The van der Waals surface area contributed by atoms with Crippen LogP contribution in [-0.2, 0) is 11.2 Å². The molecule has 0 aliphatic rings. The molecule has 3 N–H and O–H groups in total. The first-order valence-electron chi connectivity index (χ1n) is 5.71. The quantitative estimate of drug-likeness (QED) is 0.532. The summed E-state index contributed by atoms with van der Waals surface area (Å²) in [6.45, 7) is 3.80. The highest BCUT2D eigenvalue weighted by Gasteiger charge is 2.34. The largest absolute Gasteiger partial charge is 0.480 e. The molecule has 0 unspecified atom stereocenters. The molecule has 0 aromatic heterocycles. The minimum absolute atomic E-state index is 0.361. The van der Waals surface area contributed by atoms with Gasteiger partial charge in [0.25, 0.3) is 0 Å². The molecule has 0 bridgehead atoms. The third-order valence-corrected chi connectivity index (χ3v) is 3.01. The molecule has 18 heavy (non-hydrogen) atoms. The summed E-state index contributed by atoms with van der Waals surface area (Å²) in [7, 11) is 1.64. The van der Waals surface area contributed by atoms with Crippen LogP contribution in [0.15, 0.2) is 24.3 Å². The molecule has 1 aromatic carbocycles. The van der Waals surface area contributed by atoms with Gasteiger partial charge in [0, 0.05) is 0 Å². The minimum Gasteiger partial charge on any atom is -0.480 e.